The Bertz CT molecular complexity index is 874. The molecule has 1 heterocycles. The quantitative estimate of drug-likeness (QED) is 0.356. The molecule has 0 aliphatic heterocycles. The van der Waals surface area contributed by atoms with Gasteiger partial charge < -0.3 is 18.6 Å². The fourth-order valence-corrected chi connectivity index (χ4v) is 3.68. The summed E-state index contributed by atoms with van der Waals surface area (Å²) in [5.74, 6) is 0.139. The molecule has 0 unspecified atom stereocenters. The normalized spacial score (nSPS) is 11.9. The van der Waals surface area contributed by atoms with Gasteiger partial charge in [0.2, 0.25) is 0 Å². The van der Waals surface area contributed by atoms with Crippen LogP contribution in [-0.2, 0) is 25.9 Å². The van der Waals surface area contributed by atoms with E-state index >= 15 is 0 Å². The Labute approximate surface area is 175 Å². The van der Waals surface area contributed by atoms with Crippen molar-refractivity contribution in [2.45, 2.75) is 59.7 Å². The lowest BCUT2D eigenvalue weighted by atomic mass is 9.84. The molecule has 0 aliphatic carbocycles. The summed E-state index contributed by atoms with van der Waals surface area (Å²) < 4.78 is 22.4. The van der Waals surface area contributed by atoms with E-state index in [-0.39, 0.29) is 24.5 Å². The first-order chi connectivity index (χ1) is 13.6. The number of benzene rings is 1. The molecule has 0 spiro atoms. The smallest absolute Gasteiger partial charge is 0.357 e. The molecule has 1 aromatic carbocycles. The third kappa shape index (κ3) is 5.35. The number of pyridine rings is 1. The first-order valence-corrected chi connectivity index (χ1v) is 12.8. The first kappa shape index (κ1) is 23.3. The van der Waals surface area contributed by atoms with Crippen molar-refractivity contribution in [3.63, 3.8) is 0 Å². The van der Waals surface area contributed by atoms with Gasteiger partial charge in [0.05, 0.1) is 18.7 Å². The topological polar surface area (TPSA) is 66.9 Å². The highest BCUT2D eigenvalue weighted by molar-refractivity contribution is 6.48. The second-order valence-corrected chi connectivity index (χ2v) is 10.7. The van der Waals surface area contributed by atoms with Gasteiger partial charge in [-0.1, -0.05) is 32.9 Å². The summed E-state index contributed by atoms with van der Waals surface area (Å²) in [6.45, 7) is 15.1. The molecule has 29 heavy (non-hydrogen) atoms. The number of esters is 1. The number of nitrogens with zero attached hydrogens (tertiary/aromatic N) is 1. The highest BCUT2D eigenvalue weighted by atomic mass is 28.3. The van der Waals surface area contributed by atoms with Gasteiger partial charge in [-0.25, -0.2) is 9.78 Å². The van der Waals surface area contributed by atoms with E-state index in [1.807, 2.05) is 6.92 Å². The average Bonchev–Trinajstić information content (AvgIpc) is 2.64. The van der Waals surface area contributed by atoms with Gasteiger partial charge in [-0.15, -0.1) is 0 Å². The van der Waals surface area contributed by atoms with E-state index in [0.29, 0.717) is 17.9 Å². The third-order valence-electron chi connectivity index (χ3n) is 4.58. The lowest BCUT2D eigenvalue weighted by Crippen LogP contribution is -2.17. The molecule has 160 valence electrons. The molecule has 0 saturated carbocycles. The molecule has 0 N–H and O–H groups in total. The van der Waals surface area contributed by atoms with Gasteiger partial charge in [0.1, 0.15) is 5.75 Å². The Hall–Kier alpha value is -1.96. The predicted octanol–water partition coefficient (Wildman–Crippen LogP) is 4.50. The second kappa shape index (κ2) is 9.69. The van der Waals surface area contributed by atoms with E-state index < -0.39 is 15.0 Å². The molecule has 0 atom stereocenters. The summed E-state index contributed by atoms with van der Waals surface area (Å²) in [4.78, 5) is 17.4. The number of rotatable bonds is 8. The Morgan fingerprint density at radius 3 is 2.45 bits per heavy atom. The Morgan fingerprint density at radius 2 is 1.90 bits per heavy atom. The molecule has 0 bridgehead atoms. The van der Waals surface area contributed by atoms with Gasteiger partial charge in [0.25, 0.3) is 0 Å². The van der Waals surface area contributed by atoms with Crippen LogP contribution in [0.4, 0.5) is 0 Å². The molecular formula is C22H33NO5Si. The molecule has 0 aliphatic rings. The van der Waals surface area contributed by atoms with Gasteiger partial charge in [0, 0.05) is 18.1 Å². The summed E-state index contributed by atoms with van der Waals surface area (Å²) in [6.07, 6.45) is 0. The van der Waals surface area contributed by atoms with Crippen molar-refractivity contribution in [3.05, 3.63) is 34.5 Å². The van der Waals surface area contributed by atoms with Crippen LogP contribution in [0.15, 0.2) is 12.1 Å². The van der Waals surface area contributed by atoms with Crippen LogP contribution in [0.2, 0.25) is 13.1 Å². The number of aromatic nitrogens is 1. The number of methoxy groups -OCH3 is 1. The highest BCUT2D eigenvalue weighted by Crippen LogP contribution is 2.39. The minimum Gasteiger partial charge on any atom is -0.466 e. The van der Waals surface area contributed by atoms with Crippen LogP contribution < -0.4 is 4.74 Å². The fourth-order valence-electron chi connectivity index (χ4n) is 3.17. The maximum atomic E-state index is 12.6. The van der Waals surface area contributed by atoms with Gasteiger partial charge in [0.15, 0.2) is 21.5 Å². The summed E-state index contributed by atoms with van der Waals surface area (Å²) in [6, 6.07) is 4.14. The van der Waals surface area contributed by atoms with E-state index in [2.05, 4.69) is 46.0 Å². The zero-order valence-corrected chi connectivity index (χ0v) is 20.0. The number of carbonyl (C=O) groups is 1. The van der Waals surface area contributed by atoms with Crippen molar-refractivity contribution < 1.29 is 23.4 Å². The largest absolute Gasteiger partial charge is 0.466 e. The van der Waals surface area contributed by atoms with Crippen molar-refractivity contribution in [1.82, 2.24) is 4.98 Å². The van der Waals surface area contributed by atoms with Crippen LogP contribution in [0.3, 0.4) is 0 Å². The van der Waals surface area contributed by atoms with E-state index in [0.717, 1.165) is 22.0 Å². The van der Waals surface area contributed by atoms with Crippen LogP contribution in [0.1, 0.15) is 54.9 Å². The molecule has 0 amide bonds. The molecule has 2 rings (SSSR count). The molecule has 0 radical (unpaired) electrons. The zero-order valence-electron chi connectivity index (χ0n) is 18.8. The van der Waals surface area contributed by atoms with Crippen molar-refractivity contribution in [2.75, 3.05) is 20.5 Å². The summed E-state index contributed by atoms with van der Waals surface area (Å²) in [5.41, 5.74) is 3.51. The molecule has 6 nitrogen and oxygen atoms in total. The van der Waals surface area contributed by atoms with Crippen molar-refractivity contribution in [3.8, 4) is 5.75 Å². The summed E-state index contributed by atoms with van der Waals surface area (Å²) in [7, 11) is 0.357. The summed E-state index contributed by atoms with van der Waals surface area (Å²) >= 11 is 0. The van der Waals surface area contributed by atoms with Crippen LogP contribution >= 0.6 is 0 Å². The Morgan fingerprint density at radius 1 is 1.21 bits per heavy atom. The molecular weight excluding hydrogens is 386 g/mol. The average molecular weight is 420 g/mol. The van der Waals surface area contributed by atoms with Crippen molar-refractivity contribution in [2.24, 2.45) is 0 Å². The predicted molar refractivity (Wildman–Crippen MR) is 117 cm³/mol. The van der Waals surface area contributed by atoms with Crippen molar-refractivity contribution >= 4 is 25.9 Å². The number of fused-ring (bicyclic) bond motifs is 1. The number of ether oxygens (including phenoxy) is 3. The SMILES string of the molecule is CCOC(=O)c1nc2c(C(C)(C)C)ccc(CO[SiH](C)C)c2c(OCOC)c1C. The zero-order chi connectivity index (χ0) is 21.8. The Kier molecular flexibility index (Phi) is 7.79. The molecule has 1 aromatic heterocycles. The highest BCUT2D eigenvalue weighted by Gasteiger charge is 2.26. The van der Waals surface area contributed by atoms with Gasteiger partial charge in [-0.05, 0) is 43.5 Å². The van der Waals surface area contributed by atoms with Crippen LogP contribution in [0.25, 0.3) is 10.9 Å². The Balaban J connectivity index is 2.88. The van der Waals surface area contributed by atoms with E-state index in [1.165, 1.54) is 0 Å². The van der Waals surface area contributed by atoms with Gasteiger partial charge in [-0.3, -0.25) is 0 Å². The molecule has 7 heteroatoms. The number of hydrogen-bond donors (Lipinski definition) is 0. The monoisotopic (exact) mass is 419 g/mol. The lowest BCUT2D eigenvalue weighted by Gasteiger charge is -2.24. The minimum absolute atomic E-state index is 0.0706. The van der Waals surface area contributed by atoms with Crippen molar-refractivity contribution in [1.29, 1.82) is 0 Å². The standard InChI is InChI=1S/C22H33NO5Si/c1-9-26-21(24)18-14(2)20(27-13-25-6)17-15(12-28-29(7)8)10-11-16(19(17)23-18)22(3,4)5/h10-11,29H,9,12-13H2,1-8H3. The van der Waals surface area contributed by atoms with Crippen LogP contribution in [0, 0.1) is 6.92 Å². The van der Waals surface area contributed by atoms with E-state index in [1.54, 1.807) is 14.0 Å². The molecule has 0 fully saturated rings. The third-order valence-corrected chi connectivity index (χ3v) is 5.41. The van der Waals surface area contributed by atoms with Gasteiger partial charge >= 0.3 is 5.97 Å². The summed E-state index contributed by atoms with van der Waals surface area (Å²) in [5, 5.41) is 0.870. The first-order valence-electron chi connectivity index (χ1n) is 9.98. The maximum Gasteiger partial charge on any atom is 0.357 e. The second-order valence-electron chi connectivity index (χ2n) is 8.29. The van der Waals surface area contributed by atoms with Crippen LogP contribution in [-0.4, -0.2) is 40.5 Å². The molecule has 2 aromatic rings. The van der Waals surface area contributed by atoms with E-state index in [4.69, 9.17) is 23.6 Å². The van der Waals surface area contributed by atoms with Gasteiger partial charge in [-0.2, -0.15) is 0 Å². The maximum absolute atomic E-state index is 12.6. The number of carbonyl (C=O) groups excluding carboxylic acids is 1. The lowest BCUT2D eigenvalue weighted by molar-refractivity contribution is 0.0487. The van der Waals surface area contributed by atoms with E-state index in [9.17, 15) is 4.79 Å². The minimum atomic E-state index is -1.21. The van der Waals surface area contributed by atoms with Crippen LogP contribution in [0.5, 0.6) is 5.75 Å². The number of hydrogen-bond acceptors (Lipinski definition) is 6. The molecule has 0 saturated heterocycles. The fraction of sp³-hybridized carbons (Fsp3) is 0.545.